The molecule has 212 valence electrons. The Morgan fingerprint density at radius 2 is 1.85 bits per heavy atom. The Morgan fingerprint density at radius 3 is 2.51 bits per heavy atom. The number of aromatic nitrogens is 2. The van der Waals surface area contributed by atoms with E-state index in [1.807, 2.05) is 0 Å². The lowest BCUT2D eigenvalue weighted by Crippen LogP contribution is -2.51. The van der Waals surface area contributed by atoms with Crippen LogP contribution in [0.4, 0.5) is 17.6 Å². The molecule has 1 unspecified atom stereocenters. The van der Waals surface area contributed by atoms with Gasteiger partial charge >= 0.3 is 6.18 Å². The maximum atomic E-state index is 14.6. The molecule has 0 radical (unpaired) electrons. The van der Waals surface area contributed by atoms with Crippen LogP contribution < -0.4 is 15.8 Å². The largest absolute Gasteiger partial charge is 0.489 e. The van der Waals surface area contributed by atoms with E-state index in [0.29, 0.717) is 10.8 Å². The van der Waals surface area contributed by atoms with Crippen LogP contribution in [0.1, 0.15) is 28.5 Å². The zero-order chi connectivity index (χ0) is 29.7. The number of fused-ring (bicyclic) bond motifs is 2. The summed E-state index contributed by atoms with van der Waals surface area (Å²) >= 11 is 6.04. The SMILES string of the molecule is C[C@]1(C(N)=O)COc2c1cc(C(O)(CNC(=O)c1ccc3c(Cl)nccc3c1)C(F)(F)F)nc2-c1ccc(F)cc1. The van der Waals surface area contributed by atoms with Gasteiger partial charge in [0.15, 0.2) is 0 Å². The van der Waals surface area contributed by atoms with E-state index in [2.05, 4.69) is 15.3 Å². The van der Waals surface area contributed by atoms with Gasteiger partial charge in [0.1, 0.15) is 34.4 Å². The number of pyridine rings is 2. The van der Waals surface area contributed by atoms with Gasteiger partial charge in [-0.15, -0.1) is 0 Å². The molecule has 0 fully saturated rings. The number of carbonyl (C=O) groups is 2. The number of hydrogen-bond acceptors (Lipinski definition) is 6. The van der Waals surface area contributed by atoms with E-state index in [1.54, 1.807) is 6.07 Å². The molecular formula is C28H21ClF4N4O4. The van der Waals surface area contributed by atoms with Crippen molar-refractivity contribution >= 4 is 34.2 Å². The molecule has 0 saturated heterocycles. The number of hydrogen-bond donors (Lipinski definition) is 3. The third-order valence-corrected chi connectivity index (χ3v) is 7.41. The smallest absolute Gasteiger partial charge is 0.424 e. The number of nitrogens with two attached hydrogens (primary N) is 1. The van der Waals surface area contributed by atoms with Crippen LogP contribution in [0.25, 0.3) is 22.0 Å². The molecule has 0 bridgehead atoms. The Bertz CT molecular complexity index is 1700. The third-order valence-electron chi connectivity index (χ3n) is 7.11. The fourth-order valence-corrected chi connectivity index (χ4v) is 4.76. The second kappa shape index (κ2) is 9.96. The van der Waals surface area contributed by atoms with Gasteiger partial charge in [-0.3, -0.25) is 9.59 Å². The highest BCUT2D eigenvalue weighted by Gasteiger charge is 2.57. The van der Waals surface area contributed by atoms with Gasteiger partial charge in [0.25, 0.3) is 5.91 Å². The van der Waals surface area contributed by atoms with Crippen molar-refractivity contribution in [3.63, 3.8) is 0 Å². The molecule has 0 spiro atoms. The lowest BCUT2D eigenvalue weighted by molar-refractivity contribution is -0.265. The quantitative estimate of drug-likeness (QED) is 0.226. The number of halogens is 5. The second-order valence-corrected chi connectivity index (χ2v) is 10.2. The van der Waals surface area contributed by atoms with Crippen molar-refractivity contribution in [2.24, 2.45) is 5.73 Å². The zero-order valence-electron chi connectivity index (χ0n) is 21.2. The minimum atomic E-state index is -5.34. The molecule has 2 aromatic heterocycles. The van der Waals surface area contributed by atoms with Crippen molar-refractivity contribution in [3.05, 3.63) is 88.6 Å². The van der Waals surface area contributed by atoms with Crippen LogP contribution in [0.15, 0.2) is 60.8 Å². The summed E-state index contributed by atoms with van der Waals surface area (Å²) in [4.78, 5) is 33.2. The van der Waals surface area contributed by atoms with Crippen molar-refractivity contribution in [3.8, 4) is 17.0 Å². The average Bonchev–Trinajstić information content (AvgIpc) is 3.28. The van der Waals surface area contributed by atoms with Gasteiger partial charge in [0.2, 0.25) is 11.5 Å². The summed E-state index contributed by atoms with van der Waals surface area (Å²) in [7, 11) is 0. The summed E-state index contributed by atoms with van der Waals surface area (Å²) in [6.07, 6.45) is -3.93. The highest BCUT2D eigenvalue weighted by Crippen LogP contribution is 2.47. The summed E-state index contributed by atoms with van der Waals surface area (Å²) in [5.74, 6) is -2.42. The summed E-state index contributed by atoms with van der Waals surface area (Å²) in [5.41, 5.74) is -0.655. The van der Waals surface area contributed by atoms with Gasteiger partial charge in [-0.2, -0.15) is 13.2 Å². The van der Waals surface area contributed by atoms with Crippen molar-refractivity contribution in [1.29, 1.82) is 0 Å². The molecular weight excluding hydrogens is 568 g/mol. The Labute approximate surface area is 235 Å². The van der Waals surface area contributed by atoms with Crippen molar-refractivity contribution < 1.29 is 37.0 Å². The molecule has 2 atom stereocenters. The van der Waals surface area contributed by atoms with Crippen LogP contribution in [-0.4, -0.2) is 46.2 Å². The molecule has 0 aliphatic carbocycles. The number of carbonyl (C=O) groups excluding carboxylic acids is 2. The maximum absolute atomic E-state index is 14.6. The van der Waals surface area contributed by atoms with E-state index in [4.69, 9.17) is 22.1 Å². The highest BCUT2D eigenvalue weighted by atomic mass is 35.5. The normalized spacial score (nSPS) is 17.9. The molecule has 2 amide bonds. The third kappa shape index (κ3) is 4.82. The van der Waals surface area contributed by atoms with Gasteiger partial charge in [-0.1, -0.05) is 17.7 Å². The number of nitrogens with one attached hydrogen (secondary N) is 1. The van der Waals surface area contributed by atoms with E-state index < -0.39 is 47.1 Å². The fraction of sp³-hybridized carbons (Fsp3) is 0.214. The fourth-order valence-electron chi connectivity index (χ4n) is 4.53. The molecule has 2 aromatic carbocycles. The Balaban J connectivity index is 1.58. The summed E-state index contributed by atoms with van der Waals surface area (Å²) in [6, 6.07) is 11.4. The number of amides is 2. The average molecular weight is 589 g/mol. The van der Waals surface area contributed by atoms with E-state index in [0.717, 1.165) is 18.2 Å². The number of benzene rings is 2. The lowest BCUT2D eigenvalue weighted by Gasteiger charge is -2.31. The van der Waals surface area contributed by atoms with Crippen LogP contribution in [-0.2, 0) is 15.8 Å². The highest BCUT2D eigenvalue weighted by molar-refractivity contribution is 6.34. The maximum Gasteiger partial charge on any atom is 0.424 e. The van der Waals surface area contributed by atoms with E-state index in [1.165, 1.54) is 43.5 Å². The van der Waals surface area contributed by atoms with Gasteiger partial charge in [-0.25, -0.2) is 14.4 Å². The molecule has 3 heterocycles. The molecule has 1 aliphatic rings. The minimum Gasteiger partial charge on any atom is -0.489 e. The predicted octanol–water partition coefficient (Wildman–Crippen LogP) is 4.40. The second-order valence-electron chi connectivity index (χ2n) is 9.80. The molecule has 13 heteroatoms. The van der Waals surface area contributed by atoms with Gasteiger partial charge in [0.05, 0.1) is 12.2 Å². The summed E-state index contributed by atoms with van der Waals surface area (Å²) in [6.45, 7) is -0.234. The number of ether oxygens (including phenoxy) is 1. The van der Waals surface area contributed by atoms with Crippen LogP contribution in [0.5, 0.6) is 5.75 Å². The van der Waals surface area contributed by atoms with Crippen molar-refractivity contribution in [1.82, 2.24) is 15.3 Å². The van der Waals surface area contributed by atoms with Crippen molar-refractivity contribution in [2.45, 2.75) is 24.1 Å². The number of alkyl halides is 3. The Hall–Kier alpha value is -4.29. The molecule has 4 aromatic rings. The van der Waals surface area contributed by atoms with Crippen LogP contribution >= 0.6 is 11.6 Å². The first kappa shape index (κ1) is 28.2. The molecule has 8 nitrogen and oxygen atoms in total. The van der Waals surface area contributed by atoms with Crippen LogP contribution in [0.2, 0.25) is 5.15 Å². The van der Waals surface area contributed by atoms with Gasteiger partial charge in [-0.05, 0) is 60.8 Å². The predicted molar refractivity (Wildman–Crippen MR) is 141 cm³/mol. The topological polar surface area (TPSA) is 127 Å². The minimum absolute atomic E-state index is 0.00732. The standard InChI is InChI=1S/C28H21ClF4N4O4/c1-26(25(34)39)13-41-22-19(26)11-20(37-21(22)14-2-5-17(30)6-3-14)27(40,28(31,32)33)12-36-24(38)16-4-7-18-15(10-16)8-9-35-23(18)29/h2-11,40H,12-13H2,1H3,(H2,34,39)(H,36,38)/t26-,27?/m0/s1. The summed E-state index contributed by atoms with van der Waals surface area (Å²) in [5, 5.41) is 14.5. The first-order valence-corrected chi connectivity index (χ1v) is 12.5. The number of rotatable bonds is 6. The van der Waals surface area contributed by atoms with Crippen LogP contribution in [0.3, 0.4) is 0 Å². The Morgan fingerprint density at radius 1 is 1.15 bits per heavy atom. The summed E-state index contributed by atoms with van der Waals surface area (Å²) < 4.78 is 62.9. The van der Waals surface area contributed by atoms with Crippen molar-refractivity contribution in [2.75, 3.05) is 13.2 Å². The molecule has 41 heavy (non-hydrogen) atoms. The molecule has 5 rings (SSSR count). The van der Waals surface area contributed by atoms with Crippen LogP contribution in [0, 0.1) is 5.82 Å². The van der Waals surface area contributed by atoms with E-state index in [-0.39, 0.29) is 39.9 Å². The lowest BCUT2D eigenvalue weighted by atomic mass is 9.81. The van der Waals surface area contributed by atoms with E-state index >= 15 is 0 Å². The first-order valence-electron chi connectivity index (χ1n) is 12.1. The number of primary amides is 1. The first-order chi connectivity index (χ1) is 19.2. The number of nitrogens with zero attached hydrogens (tertiary/aromatic N) is 2. The molecule has 0 saturated carbocycles. The molecule has 4 N–H and O–H groups in total. The molecule has 1 aliphatic heterocycles. The zero-order valence-corrected chi connectivity index (χ0v) is 22.0. The number of aliphatic hydroxyl groups is 1. The van der Waals surface area contributed by atoms with E-state index in [9.17, 15) is 32.3 Å². The van der Waals surface area contributed by atoms with Gasteiger partial charge < -0.3 is 20.9 Å². The van der Waals surface area contributed by atoms with Gasteiger partial charge in [0, 0.05) is 28.3 Å². The monoisotopic (exact) mass is 588 g/mol. The Kier molecular flexibility index (Phi) is 6.86.